The minimum Gasteiger partial charge on any atom is -0.368 e. The summed E-state index contributed by atoms with van der Waals surface area (Å²) in [4.78, 5) is 14.1. The fourth-order valence-corrected chi connectivity index (χ4v) is 5.20. The van der Waals surface area contributed by atoms with Gasteiger partial charge in [0.2, 0.25) is 5.91 Å². The van der Waals surface area contributed by atoms with Crippen LogP contribution in [0.25, 0.3) is 11.1 Å². The molecule has 1 aliphatic rings. The van der Waals surface area contributed by atoms with Gasteiger partial charge in [0.1, 0.15) is 6.04 Å². The normalized spacial score (nSPS) is 18.3. The zero-order valence-corrected chi connectivity index (χ0v) is 18.9. The van der Waals surface area contributed by atoms with Gasteiger partial charge >= 0.3 is 0 Å². The van der Waals surface area contributed by atoms with E-state index in [0.717, 1.165) is 35.1 Å². The van der Waals surface area contributed by atoms with Gasteiger partial charge in [0.25, 0.3) is 0 Å². The number of nitrogens with zero attached hydrogens (tertiary/aromatic N) is 2. The molecule has 7 heteroatoms. The van der Waals surface area contributed by atoms with Gasteiger partial charge in [-0.1, -0.05) is 43.7 Å². The van der Waals surface area contributed by atoms with Crippen LogP contribution in [0.2, 0.25) is 0 Å². The van der Waals surface area contributed by atoms with Gasteiger partial charge in [-0.25, -0.2) is 8.42 Å². The molecule has 3 rings (SSSR count). The number of benzene rings is 2. The van der Waals surface area contributed by atoms with Crippen LogP contribution < -0.4 is 5.73 Å². The van der Waals surface area contributed by atoms with Crippen LogP contribution in [-0.2, 0) is 21.1 Å². The molecule has 1 amide bonds. The van der Waals surface area contributed by atoms with Crippen LogP contribution in [-0.4, -0.2) is 43.6 Å². The van der Waals surface area contributed by atoms with E-state index in [1.807, 2.05) is 42.2 Å². The predicted molar refractivity (Wildman–Crippen MR) is 121 cm³/mol. The first-order valence-corrected chi connectivity index (χ1v) is 12.3. The standard InChI is InChI=1S/C24H29N3O3S/c1-3-31(29,30)21-11-12-22(17(2)14-21)19-9-7-18(8-10-19)15-20(16-25)27-13-5-4-6-23(27)24(26)28/h7-12,14,20,23H,3-6,13,15H2,1-2H3,(H2,26,28)/t20-,23?/m0/s1. The molecule has 1 heterocycles. The lowest BCUT2D eigenvalue weighted by atomic mass is 9.95. The second kappa shape index (κ2) is 9.63. The molecule has 2 atom stereocenters. The number of primary amides is 1. The lowest BCUT2D eigenvalue weighted by Gasteiger charge is -2.36. The molecule has 0 aromatic heterocycles. The lowest BCUT2D eigenvalue weighted by Crippen LogP contribution is -2.52. The van der Waals surface area contributed by atoms with E-state index < -0.39 is 15.9 Å². The number of carbonyl (C=O) groups excluding carboxylic acids is 1. The molecule has 2 aromatic carbocycles. The summed E-state index contributed by atoms with van der Waals surface area (Å²) < 4.78 is 24.2. The number of likely N-dealkylation sites (tertiary alicyclic amines) is 1. The van der Waals surface area contributed by atoms with Gasteiger partial charge in [0.05, 0.1) is 22.8 Å². The summed E-state index contributed by atoms with van der Waals surface area (Å²) in [5.41, 5.74) is 9.43. The third-order valence-electron chi connectivity index (χ3n) is 6.05. The number of aryl methyl sites for hydroxylation is 1. The van der Waals surface area contributed by atoms with Crippen LogP contribution >= 0.6 is 0 Å². The average Bonchev–Trinajstić information content (AvgIpc) is 2.78. The van der Waals surface area contributed by atoms with Crippen LogP contribution in [0, 0.1) is 18.3 Å². The second-order valence-electron chi connectivity index (χ2n) is 8.08. The van der Waals surface area contributed by atoms with Crippen LogP contribution in [0.5, 0.6) is 0 Å². The highest BCUT2D eigenvalue weighted by molar-refractivity contribution is 7.91. The van der Waals surface area contributed by atoms with Gasteiger partial charge in [-0.05, 0) is 54.2 Å². The van der Waals surface area contributed by atoms with Crippen LogP contribution in [0.15, 0.2) is 47.4 Å². The van der Waals surface area contributed by atoms with Gasteiger partial charge in [-0.3, -0.25) is 9.69 Å². The molecular weight excluding hydrogens is 410 g/mol. The van der Waals surface area contributed by atoms with Crippen molar-refractivity contribution in [3.63, 3.8) is 0 Å². The zero-order valence-electron chi connectivity index (χ0n) is 18.0. The van der Waals surface area contributed by atoms with E-state index in [1.165, 1.54) is 0 Å². The molecular formula is C24H29N3O3S. The summed E-state index contributed by atoms with van der Waals surface area (Å²) in [5.74, 6) is -0.284. The van der Waals surface area contributed by atoms with Gasteiger partial charge < -0.3 is 5.73 Å². The van der Waals surface area contributed by atoms with E-state index in [1.54, 1.807) is 19.1 Å². The molecule has 1 aliphatic heterocycles. The Bertz CT molecular complexity index is 1090. The first-order valence-electron chi connectivity index (χ1n) is 10.6. The SMILES string of the molecule is CCS(=O)(=O)c1ccc(-c2ccc(C[C@@H](C#N)N3CCCCC3C(N)=O)cc2)c(C)c1. The summed E-state index contributed by atoms with van der Waals surface area (Å²) in [6.45, 7) is 4.25. The third kappa shape index (κ3) is 5.15. The number of nitrogens with two attached hydrogens (primary N) is 1. The van der Waals surface area contributed by atoms with Crippen molar-refractivity contribution < 1.29 is 13.2 Å². The summed E-state index contributed by atoms with van der Waals surface area (Å²) in [5, 5.41) is 9.73. The molecule has 0 bridgehead atoms. The predicted octanol–water partition coefficient (Wildman–Crippen LogP) is 3.23. The van der Waals surface area contributed by atoms with Crippen molar-refractivity contribution in [1.82, 2.24) is 4.90 Å². The minimum absolute atomic E-state index is 0.0776. The molecule has 1 saturated heterocycles. The van der Waals surface area contributed by atoms with Gasteiger partial charge in [0, 0.05) is 13.0 Å². The molecule has 164 valence electrons. The number of piperidine rings is 1. The second-order valence-corrected chi connectivity index (χ2v) is 10.4. The summed E-state index contributed by atoms with van der Waals surface area (Å²) in [6, 6.07) is 14.7. The minimum atomic E-state index is -3.23. The molecule has 0 aliphatic carbocycles. The Morgan fingerprint density at radius 2 is 1.94 bits per heavy atom. The maximum atomic E-state index is 12.1. The van der Waals surface area contributed by atoms with Crippen LogP contribution in [0.1, 0.15) is 37.3 Å². The maximum absolute atomic E-state index is 12.1. The number of nitriles is 1. The van der Waals surface area contributed by atoms with Crippen molar-refractivity contribution in [3.8, 4) is 17.2 Å². The van der Waals surface area contributed by atoms with Gasteiger partial charge in [-0.2, -0.15) is 5.26 Å². The highest BCUT2D eigenvalue weighted by atomic mass is 32.2. The molecule has 6 nitrogen and oxygen atoms in total. The number of hydrogen-bond acceptors (Lipinski definition) is 5. The van der Waals surface area contributed by atoms with E-state index in [9.17, 15) is 18.5 Å². The number of sulfone groups is 1. The number of hydrogen-bond donors (Lipinski definition) is 1. The van der Waals surface area contributed by atoms with Crippen molar-refractivity contribution in [1.29, 1.82) is 5.26 Å². The Morgan fingerprint density at radius 1 is 1.23 bits per heavy atom. The summed E-state index contributed by atoms with van der Waals surface area (Å²) >= 11 is 0. The first-order chi connectivity index (χ1) is 14.8. The van der Waals surface area contributed by atoms with Gasteiger partial charge in [-0.15, -0.1) is 0 Å². The fraction of sp³-hybridized carbons (Fsp3) is 0.417. The molecule has 0 radical (unpaired) electrons. The third-order valence-corrected chi connectivity index (χ3v) is 7.79. The quantitative estimate of drug-likeness (QED) is 0.713. The Morgan fingerprint density at radius 3 is 2.52 bits per heavy atom. The van der Waals surface area contributed by atoms with Crippen molar-refractivity contribution in [2.75, 3.05) is 12.3 Å². The Hall–Kier alpha value is -2.69. The summed E-state index contributed by atoms with van der Waals surface area (Å²) in [6.07, 6.45) is 3.14. The van der Waals surface area contributed by atoms with E-state index in [4.69, 9.17) is 5.73 Å². The Labute approximate surface area is 184 Å². The van der Waals surface area contributed by atoms with Crippen molar-refractivity contribution >= 4 is 15.7 Å². The summed E-state index contributed by atoms with van der Waals surface area (Å²) in [7, 11) is -3.23. The van der Waals surface area contributed by atoms with Crippen LogP contribution in [0.3, 0.4) is 0 Å². The Balaban J connectivity index is 1.78. The van der Waals surface area contributed by atoms with E-state index in [-0.39, 0.29) is 17.7 Å². The molecule has 0 spiro atoms. The highest BCUT2D eigenvalue weighted by Gasteiger charge is 2.32. The number of amides is 1. The van der Waals surface area contributed by atoms with Crippen molar-refractivity contribution in [3.05, 3.63) is 53.6 Å². The first kappa shape index (κ1) is 23.0. The average molecular weight is 440 g/mol. The van der Waals surface area contributed by atoms with E-state index in [0.29, 0.717) is 24.3 Å². The number of carbonyl (C=O) groups is 1. The van der Waals surface area contributed by atoms with Crippen molar-refractivity contribution in [2.24, 2.45) is 5.73 Å². The molecule has 1 fully saturated rings. The van der Waals surface area contributed by atoms with E-state index >= 15 is 0 Å². The van der Waals surface area contributed by atoms with E-state index in [2.05, 4.69) is 6.07 Å². The van der Waals surface area contributed by atoms with Gasteiger partial charge in [0.15, 0.2) is 9.84 Å². The maximum Gasteiger partial charge on any atom is 0.234 e. The molecule has 1 unspecified atom stereocenters. The van der Waals surface area contributed by atoms with Crippen LogP contribution in [0.4, 0.5) is 0 Å². The Kier molecular flexibility index (Phi) is 7.14. The lowest BCUT2D eigenvalue weighted by molar-refractivity contribution is -0.125. The monoisotopic (exact) mass is 439 g/mol. The zero-order chi connectivity index (χ0) is 22.6. The molecule has 31 heavy (non-hydrogen) atoms. The fourth-order valence-electron chi connectivity index (χ4n) is 4.23. The molecule has 2 N–H and O–H groups in total. The largest absolute Gasteiger partial charge is 0.368 e. The molecule has 0 saturated carbocycles. The smallest absolute Gasteiger partial charge is 0.234 e. The molecule has 2 aromatic rings. The topological polar surface area (TPSA) is 104 Å². The number of rotatable bonds is 7. The highest BCUT2D eigenvalue weighted by Crippen LogP contribution is 2.27. The van der Waals surface area contributed by atoms with Crippen molar-refractivity contribution in [2.45, 2.75) is 56.5 Å².